The quantitative estimate of drug-likeness (QED) is 0.715. The van der Waals surface area contributed by atoms with Crippen LogP contribution in [-0.2, 0) is 0 Å². The highest BCUT2D eigenvalue weighted by Gasteiger charge is 2.32. The number of aliphatic hydroxyl groups excluding tert-OH is 1. The molecule has 2 heterocycles. The van der Waals surface area contributed by atoms with Crippen LogP contribution in [0.2, 0.25) is 0 Å². The largest absolute Gasteiger partial charge is 0.494 e. The molecule has 0 aliphatic heterocycles. The molecule has 0 bridgehead atoms. The van der Waals surface area contributed by atoms with E-state index in [0.717, 1.165) is 10.2 Å². The number of nitrogens with one attached hydrogen (secondary N) is 1. The first-order valence-electron chi connectivity index (χ1n) is 7.99. The van der Waals surface area contributed by atoms with Gasteiger partial charge in [-0.2, -0.15) is 0 Å². The number of pyridine rings is 1. The third-order valence-corrected chi connectivity index (χ3v) is 5.03. The third-order valence-electron chi connectivity index (χ3n) is 4.18. The topological polar surface area (TPSA) is 71.5 Å². The highest BCUT2D eigenvalue weighted by Crippen LogP contribution is 2.30. The molecule has 26 heavy (non-hydrogen) atoms. The fourth-order valence-corrected chi connectivity index (χ4v) is 3.45. The number of hydrogen-bond acceptors (Lipinski definition) is 5. The molecule has 3 rings (SSSR count). The van der Waals surface area contributed by atoms with Gasteiger partial charge in [-0.15, -0.1) is 11.3 Å². The van der Waals surface area contributed by atoms with Gasteiger partial charge in [0.25, 0.3) is 5.91 Å². The second-order valence-corrected chi connectivity index (χ2v) is 7.45. The number of methoxy groups -OCH3 is 1. The van der Waals surface area contributed by atoms with Gasteiger partial charge in [-0.05, 0) is 49.1 Å². The Morgan fingerprint density at radius 2 is 2.12 bits per heavy atom. The number of carbonyl (C=O) groups excluding carboxylic acids is 1. The van der Waals surface area contributed by atoms with Crippen LogP contribution in [0.1, 0.15) is 35.9 Å². The summed E-state index contributed by atoms with van der Waals surface area (Å²) in [6.07, 6.45) is 0.452. The monoisotopic (exact) mass is 374 g/mol. The molecule has 1 atom stereocenters. The molecule has 0 radical (unpaired) electrons. The zero-order valence-corrected chi connectivity index (χ0v) is 15.4. The SMILES string of the molecule is COc1cc(C(O)C(C)(C)NC(=O)c2cnc3ccsc3c2)ccc1F. The van der Waals surface area contributed by atoms with E-state index in [1.165, 1.54) is 42.8 Å². The smallest absolute Gasteiger partial charge is 0.253 e. The lowest BCUT2D eigenvalue weighted by Gasteiger charge is -2.32. The molecule has 0 fully saturated rings. The van der Waals surface area contributed by atoms with Gasteiger partial charge in [-0.1, -0.05) is 6.07 Å². The Hall–Kier alpha value is -2.51. The van der Waals surface area contributed by atoms with Crippen molar-refractivity contribution in [2.45, 2.75) is 25.5 Å². The lowest BCUT2D eigenvalue weighted by Crippen LogP contribution is -2.48. The summed E-state index contributed by atoms with van der Waals surface area (Å²) < 4.78 is 19.4. The summed E-state index contributed by atoms with van der Waals surface area (Å²) in [6, 6.07) is 7.77. The molecule has 1 unspecified atom stereocenters. The minimum Gasteiger partial charge on any atom is -0.494 e. The molecule has 1 aromatic carbocycles. The van der Waals surface area contributed by atoms with Gasteiger partial charge in [0.2, 0.25) is 0 Å². The molecular weight excluding hydrogens is 355 g/mol. The van der Waals surface area contributed by atoms with E-state index in [-0.39, 0.29) is 11.7 Å². The van der Waals surface area contributed by atoms with Crippen molar-refractivity contribution in [3.8, 4) is 5.75 Å². The summed E-state index contributed by atoms with van der Waals surface area (Å²) in [5.41, 5.74) is 0.700. The number of carbonyl (C=O) groups is 1. The number of hydrogen-bond donors (Lipinski definition) is 2. The number of fused-ring (bicyclic) bond motifs is 1. The average Bonchev–Trinajstić information content (AvgIpc) is 3.08. The first kappa shape index (κ1) is 18.3. The molecule has 5 nitrogen and oxygen atoms in total. The number of thiophene rings is 1. The van der Waals surface area contributed by atoms with Crippen molar-refractivity contribution >= 4 is 27.5 Å². The van der Waals surface area contributed by atoms with Crippen LogP contribution in [0.5, 0.6) is 5.75 Å². The van der Waals surface area contributed by atoms with Gasteiger partial charge in [0.1, 0.15) is 6.10 Å². The van der Waals surface area contributed by atoms with E-state index in [4.69, 9.17) is 4.74 Å². The minimum absolute atomic E-state index is 0.0380. The van der Waals surface area contributed by atoms with Crippen LogP contribution in [-0.4, -0.2) is 28.6 Å². The standard InChI is InChI=1S/C19H19FN2O3S/c1-19(2,17(23)11-4-5-13(20)15(8-11)25-3)22-18(24)12-9-16-14(21-10-12)6-7-26-16/h4-10,17,23H,1-3H3,(H,22,24). The van der Waals surface area contributed by atoms with E-state index in [0.29, 0.717) is 11.1 Å². The minimum atomic E-state index is -1.06. The fourth-order valence-electron chi connectivity index (χ4n) is 2.67. The predicted octanol–water partition coefficient (Wildman–Crippen LogP) is 3.69. The highest BCUT2D eigenvalue weighted by molar-refractivity contribution is 7.17. The molecular formula is C19H19FN2O3S. The number of aromatic nitrogens is 1. The van der Waals surface area contributed by atoms with Gasteiger partial charge in [-0.25, -0.2) is 4.39 Å². The Labute approximate surface area is 154 Å². The zero-order chi connectivity index (χ0) is 18.9. The maximum atomic E-state index is 13.6. The number of benzene rings is 1. The Balaban J connectivity index is 1.81. The van der Waals surface area contributed by atoms with Crippen LogP contribution in [0.3, 0.4) is 0 Å². The summed E-state index contributed by atoms with van der Waals surface area (Å²) in [6.45, 7) is 3.39. The lowest BCUT2D eigenvalue weighted by molar-refractivity contribution is 0.0633. The van der Waals surface area contributed by atoms with Crippen molar-refractivity contribution in [2.75, 3.05) is 7.11 Å². The van der Waals surface area contributed by atoms with Crippen LogP contribution < -0.4 is 10.1 Å². The van der Waals surface area contributed by atoms with E-state index in [2.05, 4.69) is 10.3 Å². The number of amides is 1. The van der Waals surface area contributed by atoms with Crippen LogP contribution >= 0.6 is 11.3 Å². The summed E-state index contributed by atoms with van der Waals surface area (Å²) >= 11 is 1.50. The fraction of sp³-hybridized carbons (Fsp3) is 0.263. The van der Waals surface area contributed by atoms with Gasteiger partial charge in [-0.3, -0.25) is 9.78 Å². The second kappa shape index (κ2) is 7.01. The molecule has 0 saturated heterocycles. The summed E-state index contributed by atoms with van der Waals surface area (Å²) in [4.78, 5) is 16.9. The van der Waals surface area contributed by atoms with Crippen molar-refractivity contribution < 1.29 is 19.0 Å². The highest BCUT2D eigenvalue weighted by atomic mass is 32.1. The Bertz CT molecular complexity index is 955. The average molecular weight is 374 g/mol. The van der Waals surface area contributed by atoms with Crippen molar-refractivity contribution in [1.82, 2.24) is 10.3 Å². The maximum absolute atomic E-state index is 13.6. The molecule has 136 valence electrons. The van der Waals surface area contributed by atoms with Gasteiger partial charge in [0, 0.05) is 6.20 Å². The van der Waals surface area contributed by atoms with Crippen LogP contribution in [0.15, 0.2) is 41.9 Å². The lowest BCUT2D eigenvalue weighted by atomic mass is 9.90. The van der Waals surface area contributed by atoms with Gasteiger partial charge < -0.3 is 15.2 Å². The van der Waals surface area contributed by atoms with E-state index in [9.17, 15) is 14.3 Å². The van der Waals surface area contributed by atoms with Crippen LogP contribution in [0.25, 0.3) is 10.2 Å². The van der Waals surface area contributed by atoms with Crippen molar-refractivity contribution in [1.29, 1.82) is 0 Å². The van der Waals surface area contributed by atoms with Crippen LogP contribution in [0.4, 0.5) is 4.39 Å². The summed E-state index contributed by atoms with van der Waals surface area (Å²) in [5.74, 6) is -0.817. The molecule has 0 aliphatic carbocycles. The molecule has 0 aliphatic rings. The van der Waals surface area contributed by atoms with E-state index >= 15 is 0 Å². The first-order chi connectivity index (χ1) is 12.3. The van der Waals surface area contributed by atoms with E-state index in [1.807, 2.05) is 11.4 Å². The second-order valence-electron chi connectivity index (χ2n) is 6.50. The predicted molar refractivity (Wildman–Crippen MR) is 99.1 cm³/mol. The molecule has 0 saturated carbocycles. The maximum Gasteiger partial charge on any atom is 0.253 e. The number of nitrogens with zero attached hydrogens (tertiary/aromatic N) is 1. The Kier molecular flexibility index (Phi) is 4.93. The molecule has 2 aromatic heterocycles. The van der Waals surface area contributed by atoms with E-state index in [1.54, 1.807) is 19.9 Å². The number of aliphatic hydroxyl groups is 1. The molecule has 0 spiro atoms. The summed E-state index contributed by atoms with van der Waals surface area (Å²) in [5, 5.41) is 15.4. The van der Waals surface area contributed by atoms with Gasteiger partial charge in [0.15, 0.2) is 11.6 Å². The number of halogens is 1. The normalized spacial score (nSPS) is 12.8. The molecule has 7 heteroatoms. The van der Waals surface area contributed by atoms with Gasteiger partial charge >= 0.3 is 0 Å². The zero-order valence-electron chi connectivity index (χ0n) is 14.6. The molecule has 1 amide bonds. The Morgan fingerprint density at radius 3 is 2.85 bits per heavy atom. The van der Waals surface area contributed by atoms with E-state index < -0.39 is 17.5 Å². The van der Waals surface area contributed by atoms with Crippen molar-refractivity contribution in [3.63, 3.8) is 0 Å². The van der Waals surface area contributed by atoms with Crippen molar-refractivity contribution in [2.24, 2.45) is 0 Å². The number of ether oxygens (including phenoxy) is 1. The third kappa shape index (κ3) is 3.54. The number of rotatable bonds is 5. The van der Waals surface area contributed by atoms with Crippen molar-refractivity contribution in [3.05, 3.63) is 58.9 Å². The van der Waals surface area contributed by atoms with Gasteiger partial charge in [0.05, 0.1) is 28.4 Å². The molecule has 3 aromatic rings. The Morgan fingerprint density at radius 1 is 1.35 bits per heavy atom. The molecule has 2 N–H and O–H groups in total. The van der Waals surface area contributed by atoms with Crippen LogP contribution in [0, 0.1) is 5.82 Å². The summed E-state index contributed by atoms with van der Waals surface area (Å²) in [7, 11) is 1.36. The first-order valence-corrected chi connectivity index (χ1v) is 8.87.